The topological polar surface area (TPSA) is 56.8 Å². The van der Waals surface area contributed by atoms with Crippen LogP contribution in [0.2, 0.25) is 0 Å². The van der Waals surface area contributed by atoms with Crippen molar-refractivity contribution in [2.45, 2.75) is 31.5 Å². The summed E-state index contributed by atoms with van der Waals surface area (Å²) in [5.74, 6) is 0. The van der Waals surface area contributed by atoms with Gasteiger partial charge < -0.3 is 19.5 Å². The van der Waals surface area contributed by atoms with Crippen LogP contribution in [0.15, 0.2) is 0 Å². The summed E-state index contributed by atoms with van der Waals surface area (Å²) >= 11 is 0. The monoisotopic (exact) mass is 285 g/mol. The first-order valence-electron chi connectivity index (χ1n) is 6.14. The second kappa shape index (κ2) is 8.21. The van der Waals surface area contributed by atoms with Gasteiger partial charge in [0, 0.05) is 19.8 Å². The lowest BCUT2D eigenvalue weighted by Crippen LogP contribution is -2.30. The molecule has 0 aromatic rings. The van der Waals surface area contributed by atoms with Crippen molar-refractivity contribution in [2.75, 3.05) is 33.0 Å². The molecule has 1 N–H and O–H groups in total. The molecule has 1 unspecified atom stereocenters. The van der Waals surface area contributed by atoms with Crippen LogP contribution < -0.4 is 5.32 Å². The number of alkyl carbamates (subject to hydrolysis) is 1. The molecule has 0 radical (unpaired) electrons. The fourth-order valence-electron chi connectivity index (χ4n) is 1.55. The van der Waals surface area contributed by atoms with E-state index in [0.29, 0.717) is 19.6 Å². The van der Waals surface area contributed by atoms with Crippen molar-refractivity contribution in [2.24, 2.45) is 0 Å². The van der Waals surface area contributed by atoms with Gasteiger partial charge >= 0.3 is 12.3 Å². The SMILES string of the molecule is O=C(NCCCOCC1CCCO1)OCC(F)(F)F. The minimum absolute atomic E-state index is 0.143. The largest absolute Gasteiger partial charge is 0.440 e. The van der Waals surface area contributed by atoms with Crippen LogP contribution in [0, 0.1) is 0 Å². The third-order valence-corrected chi connectivity index (χ3v) is 2.43. The van der Waals surface area contributed by atoms with Gasteiger partial charge in [-0.2, -0.15) is 13.2 Å². The normalized spacial score (nSPS) is 19.4. The number of ether oxygens (including phenoxy) is 3. The van der Waals surface area contributed by atoms with Crippen molar-refractivity contribution in [3.8, 4) is 0 Å². The summed E-state index contributed by atoms with van der Waals surface area (Å²) in [5.41, 5.74) is 0. The van der Waals surface area contributed by atoms with E-state index in [1.807, 2.05) is 0 Å². The Kier molecular flexibility index (Phi) is 6.93. The van der Waals surface area contributed by atoms with Crippen LogP contribution in [0.5, 0.6) is 0 Å². The number of nitrogens with one attached hydrogen (secondary N) is 1. The first-order chi connectivity index (χ1) is 8.97. The van der Waals surface area contributed by atoms with Crippen LogP contribution in [-0.2, 0) is 14.2 Å². The molecule has 0 saturated carbocycles. The first-order valence-corrected chi connectivity index (χ1v) is 6.14. The van der Waals surface area contributed by atoms with E-state index < -0.39 is 18.9 Å². The number of hydrogen-bond donors (Lipinski definition) is 1. The lowest BCUT2D eigenvalue weighted by atomic mass is 10.2. The van der Waals surface area contributed by atoms with E-state index >= 15 is 0 Å². The third-order valence-electron chi connectivity index (χ3n) is 2.43. The van der Waals surface area contributed by atoms with Gasteiger partial charge in [-0.1, -0.05) is 0 Å². The molecule has 8 heteroatoms. The molecule has 112 valence electrons. The second-order valence-electron chi connectivity index (χ2n) is 4.18. The number of hydrogen-bond acceptors (Lipinski definition) is 4. The van der Waals surface area contributed by atoms with Crippen molar-refractivity contribution >= 4 is 6.09 Å². The van der Waals surface area contributed by atoms with E-state index in [0.717, 1.165) is 19.4 Å². The zero-order chi connectivity index (χ0) is 14.1. The summed E-state index contributed by atoms with van der Waals surface area (Å²) < 4.78 is 49.8. The molecule has 1 fully saturated rings. The molecule has 19 heavy (non-hydrogen) atoms. The first kappa shape index (κ1) is 16.0. The zero-order valence-electron chi connectivity index (χ0n) is 10.5. The molecule has 5 nitrogen and oxygen atoms in total. The predicted octanol–water partition coefficient (Wildman–Crippen LogP) is 1.86. The molecule has 0 aromatic heterocycles. The van der Waals surface area contributed by atoms with E-state index in [1.165, 1.54) is 0 Å². The van der Waals surface area contributed by atoms with E-state index in [-0.39, 0.29) is 12.6 Å². The standard InChI is InChI=1S/C11H18F3NO4/c12-11(13,14)8-19-10(16)15-4-2-5-17-7-9-3-1-6-18-9/h9H,1-8H2,(H,15,16). The van der Waals surface area contributed by atoms with Crippen LogP contribution in [0.25, 0.3) is 0 Å². The molecule has 1 heterocycles. The molecule has 1 atom stereocenters. The Morgan fingerprint density at radius 1 is 1.42 bits per heavy atom. The molecule has 0 spiro atoms. The van der Waals surface area contributed by atoms with Gasteiger partial charge in [0.25, 0.3) is 0 Å². The lowest BCUT2D eigenvalue weighted by Gasteiger charge is -2.11. The van der Waals surface area contributed by atoms with E-state index in [4.69, 9.17) is 9.47 Å². The molecule has 0 aromatic carbocycles. The minimum atomic E-state index is -4.50. The number of carbonyl (C=O) groups is 1. The Hall–Kier alpha value is -1.02. The molecule has 0 aliphatic carbocycles. The van der Waals surface area contributed by atoms with Gasteiger partial charge in [0.1, 0.15) is 0 Å². The highest BCUT2D eigenvalue weighted by molar-refractivity contribution is 5.67. The molecule has 1 saturated heterocycles. The molecule has 0 bridgehead atoms. The maximum absolute atomic E-state index is 11.7. The Balaban J connectivity index is 1.88. The Labute approximate surface area is 109 Å². The average Bonchev–Trinajstić information content (AvgIpc) is 2.83. The van der Waals surface area contributed by atoms with Gasteiger partial charge in [0.15, 0.2) is 6.61 Å². The van der Waals surface area contributed by atoms with Crippen molar-refractivity contribution < 1.29 is 32.2 Å². The summed E-state index contributed by atoms with van der Waals surface area (Å²) in [5, 5.41) is 2.21. The molecule has 1 rings (SSSR count). The van der Waals surface area contributed by atoms with E-state index in [1.54, 1.807) is 0 Å². The maximum Gasteiger partial charge on any atom is 0.422 e. The van der Waals surface area contributed by atoms with Gasteiger partial charge in [0.05, 0.1) is 12.7 Å². The smallest absolute Gasteiger partial charge is 0.422 e. The lowest BCUT2D eigenvalue weighted by molar-refractivity contribution is -0.160. The second-order valence-corrected chi connectivity index (χ2v) is 4.18. The van der Waals surface area contributed by atoms with Crippen LogP contribution in [0.3, 0.4) is 0 Å². The van der Waals surface area contributed by atoms with Gasteiger partial charge in [-0.05, 0) is 19.3 Å². The highest BCUT2D eigenvalue weighted by atomic mass is 19.4. The number of amides is 1. The number of carbonyl (C=O) groups excluding carboxylic acids is 1. The molecular formula is C11H18F3NO4. The summed E-state index contributed by atoms with van der Waals surface area (Å²) in [6.07, 6.45) is -2.89. The molecule has 1 amide bonds. The third kappa shape index (κ3) is 8.66. The van der Waals surface area contributed by atoms with Gasteiger partial charge in [-0.3, -0.25) is 0 Å². The van der Waals surface area contributed by atoms with Crippen molar-refractivity contribution in [3.63, 3.8) is 0 Å². The summed E-state index contributed by atoms with van der Waals surface area (Å²) in [6.45, 7) is 0.328. The predicted molar refractivity (Wildman–Crippen MR) is 59.8 cm³/mol. The van der Waals surface area contributed by atoms with Crippen molar-refractivity contribution in [3.05, 3.63) is 0 Å². The fraction of sp³-hybridized carbons (Fsp3) is 0.909. The highest BCUT2D eigenvalue weighted by Crippen LogP contribution is 2.14. The van der Waals surface area contributed by atoms with E-state index in [2.05, 4.69) is 10.1 Å². The van der Waals surface area contributed by atoms with Gasteiger partial charge in [0.2, 0.25) is 0 Å². The number of rotatable bonds is 7. The van der Waals surface area contributed by atoms with Crippen LogP contribution >= 0.6 is 0 Å². The molecule has 1 aliphatic rings. The van der Waals surface area contributed by atoms with Gasteiger partial charge in [-0.25, -0.2) is 4.79 Å². The number of halogens is 3. The Morgan fingerprint density at radius 3 is 2.84 bits per heavy atom. The van der Waals surface area contributed by atoms with Crippen molar-refractivity contribution in [1.82, 2.24) is 5.32 Å². The minimum Gasteiger partial charge on any atom is -0.440 e. The Bertz CT molecular complexity index is 267. The van der Waals surface area contributed by atoms with Crippen molar-refractivity contribution in [1.29, 1.82) is 0 Å². The number of alkyl halides is 3. The van der Waals surface area contributed by atoms with Crippen LogP contribution in [0.1, 0.15) is 19.3 Å². The zero-order valence-corrected chi connectivity index (χ0v) is 10.5. The molecular weight excluding hydrogens is 267 g/mol. The summed E-state index contributed by atoms with van der Waals surface area (Å²) in [4.78, 5) is 10.8. The van der Waals surface area contributed by atoms with Crippen LogP contribution in [-0.4, -0.2) is 51.3 Å². The summed E-state index contributed by atoms with van der Waals surface area (Å²) in [6, 6.07) is 0. The average molecular weight is 285 g/mol. The Morgan fingerprint density at radius 2 is 2.21 bits per heavy atom. The maximum atomic E-state index is 11.7. The van der Waals surface area contributed by atoms with Crippen LogP contribution in [0.4, 0.5) is 18.0 Å². The quantitative estimate of drug-likeness (QED) is 0.725. The highest BCUT2D eigenvalue weighted by Gasteiger charge is 2.29. The van der Waals surface area contributed by atoms with Gasteiger partial charge in [-0.15, -0.1) is 0 Å². The summed E-state index contributed by atoms with van der Waals surface area (Å²) in [7, 11) is 0. The fourth-order valence-corrected chi connectivity index (χ4v) is 1.55. The van der Waals surface area contributed by atoms with E-state index in [9.17, 15) is 18.0 Å². The molecule has 1 aliphatic heterocycles.